The van der Waals surface area contributed by atoms with Crippen LogP contribution >= 0.6 is 0 Å². The SMILES string of the molecule is CC1(C)c2ccccc2-c2cc3c(cc21)c1ccccc1n3-c1ccc(-c2ccc(N(c3ccccc3)c3ccc(-c4ccc5ccccc5c4)cc3)cc2)cc1. The Labute approximate surface area is 333 Å². The first kappa shape index (κ1) is 33.2. The molecule has 0 saturated heterocycles. The molecule has 1 aliphatic carbocycles. The maximum atomic E-state index is 2.46. The third kappa shape index (κ3) is 5.40. The summed E-state index contributed by atoms with van der Waals surface area (Å²) in [4.78, 5) is 2.33. The fourth-order valence-corrected chi connectivity index (χ4v) is 9.24. The Morgan fingerprint density at radius 1 is 0.368 bits per heavy atom. The molecule has 1 aromatic heterocycles. The molecule has 0 unspecified atom stereocenters. The van der Waals surface area contributed by atoms with E-state index in [0.717, 1.165) is 22.7 Å². The van der Waals surface area contributed by atoms with Crippen molar-refractivity contribution in [3.8, 4) is 39.1 Å². The van der Waals surface area contributed by atoms with E-state index < -0.39 is 0 Å². The topological polar surface area (TPSA) is 8.17 Å². The molecular formula is C55H40N2. The van der Waals surface area contributed by atoms with Crippen LogP contribution in [0.5, 0.6) is 0 Å². The summed E-state index contributed by atoms with van der Waals surface area (Å²) in [7, 11) is 0. The number of aromatic nitrogens is 1. The first-order valence-electron chi connectivity index (χ1n) is 19.8. The predicted octanol–water partition coefficient (Wildman–Crippen LogP) is 15.0. The van der Waals surface area contributed by atoms with Gasteiger partial charge in [0.05, 0.1) is 11.0 Å². The number of hydrogen-bond donors (Lipinski definition) is 0. The standard InChI is InChI=1S/C55H40N2/c1-55(2)51-18-10-8-16-47(51)49-36-54-50(35-52(49)55)48-17-9-11-19-53(48)57(54)46-32-24-39(25-33-46)38-22-28-44(29-23-38)56(43-14-4-3-5-15-43)45-30-26-40(27-31-45)42-21-20-37-12-6-7-13-41(37)34-42/h3-36H,1-2H3. The van der Waals surface area contributed by atoms with E-state index >= 15 is 0 Å². The van der Waals surface area contributed by atoms with E-state index in [1.807, 2.05) is 0 Å². The lowest BCUT2D eigenvalue weighted by atomic mass is 9.82. The molecule has 11 rings (SSSR count). The smallest absolute Gasteiger partial charge is 0.0547 e. The molecule has 1 aliphatic rings. The number of hydrogen-bond acceptors (Lipinski definition) is 1. The number of para-hydroxylation sites is 2. The molecule has 2 nitrogen and oxygen atoms in total. The van der Waals surface area contributed by atoms with Gasteiger partial charge < -0.3 is 9.47 Å². The highest BCUT2D eigenvalue weighted by Crippen LogP contribution is 2.51. The van der Waals surface area contributed by atoms with Crippen LogP contribution in [0.1, 0.15) is 25.0 Å². The van der Waals surface area contributed by atoms with Gasteiger partial charge >= 0.3 is 0 Å². The molecular weight excluding hydrogens is 689 g/mol. The summed E-state index contributed by atoms with van der Waals surface area (Å²) in [6, 6.07) is 75.4. The Kier molecular flexibility index (Phi) is 7.55. The van der Waals surface area contributed by atoms with E-state index in [2.05, 4.69) is 230 Å². The molecule has 9 aromatic carbocycles. The highest BCUT2D eigenvalue weighted by molar-refractivity contribution is 6.11. The van der Waals surface area contributed by atoms with Crippen LogP contribution in [0.2, 0.25) is 0 Å². The van der Waals surface area contributed by atoms with Crippen LogP contribution in [0.15, 0.2) is 206 Å². The normalized spacial score (nSPS) is 12.9. The lowest BCUT2D eigenvalue weighted by molar-refractivity contribution is 0.661. The molecule has 270 valence electrons. The maximum absolute atomic E-state index is 2.46. The summed E-state index contributed by atoms with van der Waals surface area (Å²) in [6.45, 7) is 4.72. The fraction of sp³-hybridized carbons (Fsp3) is 0.0545. The van der Waals surface area contributed by atoms with Crippen LogP contribution in [-0.2, 0) is 5.41 Å². The Balaban J connectivity index is 0.930. The zero-order valence-electron chi connectivity index (χ0n) is 32.0. The molecule has 0 amide bonds. The zero-order chi connectivity index (χ0) is 38.1. The molecule has 57 heavy (non-hydrogen) atoms. The molecule has 0 bridgehead atoms. The van der Waals surface area contributed by atoms with E-state index in [1.54, 1.807) is 0 Å². The molecule has 0 radical (unpaired) electrons. The lowest BCUT2D eigenvalue weighted by Crippen LogP contribution is -2.14. The van der Waals surface area contributed by atoms with Gasteiger partial charge in [-0.15, -0.1) is 0 Å². The van der Waals surface area contributed by atoms with E-state index in [0.29, 0.717) is 0 Å². The second kappa shape index (κ2) is 13.0. The summed E-state index contributed by atoms with van der Waals surface area (Å²) in [5, 5.41) is 5.10. The van der Waals surface area contributed by atoms with Crippen molar-refractivity contribution in [1.82, 2.24) is 4.57 Å². The van der Waals surface area contributed by atoms with Crippen molar-refractivity contribution in [2.45, 2.75) is 19.3 Å². The first-order valence-corrected chi connectivity index (χ1v) is 19.8. The van der Waals surface area contributed by atoms with Gasteiger partial charge in [-0.05, 0) is 128 Å². The molecule has 0 fully saturated rings. The summed E-state index contributed by atoms with van der Waals surface area (Å²) >= 11 is 0. The van der Waals surface area contributed by atoms with E-state index in [1.165, 1.54) is 77.1 Å². The minimum absolute atomic E-state index is 0.0400. The molecule has 0 N–H and O–H groups in total. The van der Waals surface area contributed by atoms with Crippen molar-refractivity contribution < 1.29 is 0 Å². The summed E-state index contributed by atoms with van der Waals surface area (Å²) in [5.41, 5.74) is 17.2. The summed E-state index contributed by atoms with van der Waals surface area (Å²) < 4.78 is 2.44. The van der Waals surface area contributed by atoms with Crippen LogP contribution in [0.3, 0.4) is 0 Å². The van der Waals surface area contributed by atoms with Gasteiger partial charge in [0.15, 0.2) is 0 Å². The minimum atomic E-state index is -0.0400. The third-order valence-electron chi connectivity index (χ3n) is 12.2. The van der Waals surface area contributed by atoms with Crippen molar-refractivity contribution in [2.24, 2.45) is 0 Å². The highest BCUT2D eigenvalue weighted by atomic mass is 15.1. The Hall–Kier alpha value is -7.16. The van der Waals surface area contributed by atoms with Gasteiger partial charge in [0.25, 0.3) is 0 Å². The van der Waals surface area contributed by atoms with Crippen molar-refractivity contribution in [1.29, 1.82) is 0 Å². The van der Waals surface area contributed by atoms with Crippen LogP contribution in [0, 0.1) is 0 Å². The van der Waals surface area contributed by atoms with Crippen LogP contribution in [0.25, 0.3) is 71.6 Å². The van der Waals surface area contributed by atoms with Gasteiger partial charge in [0.1, 0.15) is 0 Å². The molecule has 0 atom stereocenters. The van der Waals surface area contributed by atoms with E-state index in [4.69, 9.17) is 0 Å². The highest BCUT2D eigenvalue weighted by Gasteiger charge is 2.36. The number of anilines is 3. The number of nitrogens with zero attached hydrogens (tertiary/aromatic N) is 2. The second-order valence-corrected chi connectivity index (χ2v) is 15.8. The molecule has 2 heteroatoms. The summed E-state index contributed by atoms with van der Waals surface area (Å²) in [5.74, 6) is 0. The average molecular weight is 729 g/mol. The molecule has 0 saturated carbocycles. The third-order valence-corrected chi connectivity index (χ3v) is 12.2. The molecule has 0 aliphatic heterocycles. The van der Waals surface area contributed by atoms with Gasteiger partial charge in [-0.1, -0.05) is 147 Å². The second-order valence-electron chi connectivity index (χ2n) is 15.8. The number of rotatable bonds is 6. The predicted molar refractivity (Wildman–Crippen MR) is 241 cm³/mol. The fourth-order valence-electron chi connectivity index (χ4n) is 9.24. The minimum Gasteiger partial charge on any atom is -0.311 e. The number of benzene rings is 9. The van der Waals surface area contributed by atoms with Gasteiger partial charge in [0.2, 0.25) is 0 Å². The van der Waals surface area contributed by atoms with Crippen LogP contribution < -0.4 is 4.90 Å². The van der Waals surface area contributed by atoms with E-state index in [9.17, 15) is 0 Å². The van der Waals surface area contributed by atoms with Gasteiger partial charge in [-0.3, -0.25) is 0 Å². The Bertz CT molecular complexity index is 3110. The summed E-state index contributed by atoms with van der Waals surface area (Å²) in [6.07, 6.45) is 0. The maximum Gasteiger partial charge on any atom is 0.0547 e. The van der Waals surface area contributed by atoms with Gasteiger partial charge in [-0.2, -0.15) is 0 Å². The monoisotopic (exact) mass is 728 g/mol. The Morgan fingerprint density at radius 2 is 0.930 bits per heavy atom. The van der Waals surface area contributed by atoms with Gasteiger partial charge in [-0.25, -0.2) is 0 Å². The van der Waals surface area contributed by atoms with Crippen molar-refractivity contribution in [3.63, 3.8) is 0 Å². The molecule has 0 spiro atoms. The van der Waals surface area contributed by atoms with E-state index in [-0.39, 0.29) is 5.41 Å². The largest absolute Gasteiger partial charge is 0.311 e. The number of fused-ring (bicyclic) bond motifs is 7. The average Bonchev–Trinajstić information content (AvgIpc) is 3.71. The molecule has 10 aromatic rings. The van der Waals surface area contributed by atoms with Crippen LogP contribution in [0.4, 0.5) is 17.1 Å². The lowest BCUT2D eigenvalue weighted by Gasteiger charge is -2.26. The van der Waals surface area contributed by atoms with Crippen molar-refractivity contribution >= 4 is 49.6 Å². The quantitative estimate of drug-likeness (QED) is 0.165. The van der Waals surface area contributed by atoms with Crippen LogP contribution in [-0.4, -0.2) is 4.57 Å². The Morgan fingerprint density at radius 3 is 1.67 bits per heavy atom. The van der Waals surface area contributed by atoms with Gasteiger partial charge in [0, 0.05) is 38.9 Å². The molecule has 1 heterocycles. The zero-order valence-corrected chi connectivity index (χ0v) is 32.0. The van der Waals surface area contributed by atoms with Crippen molar-refractivity contribution in [2.75, 3.05) is 4.90 Å². The van der Waals surface area contributed by atoms with Crippen molar-refractivity contribution in [3.05, 3.63) is 217 Å². The first-order chi connectivity index (χ1) is 28.0.